The summed E-state index contributed by atoms with van der Waals surface area (Å²) in [5.74, 6) is 0. The molecule has 0 aliphatic heterocycles. The largest absolute Gasteiger partial charge is 0.416 e. The molecule has 6 heteroatoms. The number of rotatable bonds is 3. The lowest BCUT2D eigenvalue weighted by atomic mass is 10.1. The summed E-state index contributed by atoms with van der Waals surface area (Å²) in [6.07, 6.45) is -4.66. The molecule has 0 spiro atoms. The fraction of sp³-hybridized carbons (Fsp3) is 0.308. The van der Waals surface area contributed by atoms with Gasteiger partial charge < -0.3 is 5.11 Å². The van der Waals surface area contributed by atoms with Crippen molar-refractivity contribution >= 4 is 11.3 Å². The summed E-state index contributed by atoms with van der Waals surface area (Å²) in [6, 6.07) is 5.20. The van der Waals surface area contributed by atoms with Gasteiger partial charge in [0.25, 0.3) is 0 Å². The molecule has 0 amide bonds. The quantitative estimate of drug-likeness (QED) is 0.931. The van der Waals surface area contributed by atoms with Crippen LogP contribution in [0.25, 0.3) is 0 Å². The summed E-state index contributed by atoms with van der Waals surface area (Å²) >= 11 is 1.33. The van der Waals surface area contributed by atoms with Gasteiger partial charge in [-0.15, -0.1) is 11.3 Å². The van der Waals surface area contributed by atoms with E-state index in [2.05, 4.69) is 4.98 Å². The molecular weight excluding hydrogens is 275 g/mol. The smallest absolute Gasteiger partial charge is 0.387 e. The van der Waals surface area contributed by atoms with Gasteiger partial charge in [-0.25, -0.2) is 4.98 Å². The standard InChI is InChI=1S/C13H12F3NOS/c1-8(18)11-7-19-12(17-11)6-9-3-2-4-10(5-9)13(14,15)16/h2-5,7-8,18H,6H2,1H3. The Labute approximate surface area is 112 Å². The molecule has 1 unspecified atom stereocenters. The van der Waals surface area contributed by atoms with E-state index < -0.39 is 17.8 Å². The first-order chi connectivity index (χ1) is 8.86. The van der Waals surface area contributed by atoms with Gasteiger partial charge in [0, 0.05) is 11.8 Å². The lowest BCUT2D eigenvalue weighted by molar-refractivity contribution is -0.137. The van der Waals surface area contributed by atoms with Crippen LogP contribution in [0.4, 0.5) is 13.2 Å². The third kappa shape index (κ3) is 3.54. The molecule has 1 atom stereocenters. The first kappa shape index (κ1) is 14.0. The van der Waals surface area contributed by atoms with Crippen molar-refractivity contribution in [3.8, 4) is 0 Å². The van der Waals surface area contributed by atoms with Crippen molar-refractivity contribution in [2.75, 3.05) is 0 Å². The van der Waals surface area contributed by atoms with Crippen LogP contribution in [0.2, 0.25) is 0 Å². The summed E-state index contributed by atoms with van der Waals surface area (Å²) in [4.78, 5) is 4.18. The first-order valence-corrected chi connectivity index (χ1v) is 6.53. The normalized spacial score (nSPS) is 13.5. The Bertz CT molecular complexity index is 563. The molecule has 1 heterocycles. The third-order valence-corrected chi connectivity index (χ3v) is 3.47. The molecule has 0 saturated heterocycles. The summed E-state index contributed by atoms with van der Waals surface area (Å²) in [7, 11) is 0. The number of alkyl halides is 3. The number of aliphatic hydroxyl groups is 1. The summed E-state index contributed by atoms with van der Waals surface area (Å²) in [6.45, 7) is 1.60. The molecule has 1 N–H and O–H groups in total. The fourth-order valence-corrected chi connectivity index (χ4v) is 2.54. The summed E-state index contributed by atoms with van der Waals surface area (Å²) in [5, 5.41) is 11.8. The number of nitrogens with zero attached hydrogens (tertiary/aromatic N) is 1. The van der Waals surface area contributed by atoms with Crippen molar-refractivity contribution in [1.29, 1.82) is 0 Å². The van der Waals surface area contributed by atoms with Gasteiger partial charge in [0.1, 0.15) is 0 Å². The third-order valence-electron chi connectivity index (χ3n) is 2.61. The number of benzene rings is 1. The summed E-state index contributed by atoms with van der Waals surface area (Å²) < 4.78 is 37.7. The van der Waals surface area contributed by atoms with Crippen molar-refractivity contribution in [2.45, 2.75) is 25.6 Å². The number of aliphatic hydroxyl groups excluding tert-OH is 1. The van der Waals surface area contributed by atoms with Crippen LogP contribution in [0.5, 0.6) is 0 Å². The fourth-order valence-electron chi connectivity index (χ4n) is 1.63. The zero-order valence-electron chi connectivity index (χ0n) is 10.1. The molecule has 0 bridgehead atoms. The van der Waals surface area contributed by atoms with E-state index in [0.717, 1.165) is 12.1 Å². The molecule has 2 nitrogen and oxygen atoms in total. The number of halogens is 3. The van der Waals surface area contributed by atoms with Crippen molar-refractivity contribution in [2.24, 2.45) is 0 Å². The van der Waals surface area contributed by atoms with Gasteiger partial charge in [-0.3, -0.25) is 0 Å². The average Bonchev–Trinajstić information content (AvgIpc) is 2.77. The Kier molecular flexibility index (Phi) is 3.91. The van der Waals surface area contributed by atoms with Crippen LogP contribution in [0.15, 0.2) is 29.6 Å². The average molecular weight is 287 g/mol. The number of thiazole rings is 1. The second-order valence-corrected chi connectivity index (χ2v) is 5.16. The highest BCUT2D eigenvalue weighted by Crippen LogP contribution is 2.30. The zero-order chi connectivity index (χ0) is 14.0. The Balaban J connectivity index is 2.19. The van der Waals surface area contributed by atoms with Gasteiger partial charge in [-0.1, -0.05) is 18.2 Å². The first-order valence-electron chi connectivity index (χ1n) is 5.65. The molecule has 0 aliphatic rings. The van der Waals surface area contributed by atoms with Crippen molar-refractivity contribution in [3.05, 3.63) is 51.5 Å². The van der Waals surface area contributed by atoms with Crippen LogP contribution in [0.1, 0.15) is 34.9 Å². The van der Waals surface area contributed by atoms with Crippen LogP contribution < -0.4 is 0 Å². The zero-order valence-corrected chi connectivity index (χ0v) is 10.9. The molecule has 0 aliphatic carbocycles. The topological polar surface area (TPSA) is 33.1 Å². The van der Waals surface area contributed by atoms with E-state index in [1.807, 2.05) is 0 Å². The molecule has 19 heavy (non-hydrogen) atoms. The minimum atomic E-state index is -4.33. The van der Waals surface area contributed by atoms with Crippen molar-refractivity contribution in [3.63, 3.8) is 0 Å². The molecule has 0 saturated carbocycles. The summed E-state index contributed by atoms with van der Waals surface area (Å²) in [5.41, 5.74) is 0.450. The number of aromatic nitrogens is 1. The lowest BCUT2D eigenvalue weighted by Crippen LogP contribution is -2.05. The Morgan fingerprint density at radius 1 is 1.37 bits per heavy atom. The highest BCUT2D eigenvalue weighted by Gasteiger charge is 2.30. The maximum absolute atomic E-state index is 12.6. The highest BCUT2D eigenvalue weighted by molar-refractivity contribution is 7.09. The molecule has 1 aromatic heterocycles. The highest BCUT2D eigenvalue weighted by atomic mass is 32.1. The van der Waals surface area contributed by atoms with Crippen LogP contribution in [-0.2, 0) is 12.6 Å². The molecular formula is C13H12F3NOS. The predicted octanol–water partition coefficient (Wildman–Crippen LogP) is 3.81. The van der Waals surface area contributed by atoms with Crippen LogP contribution >= 0.6 is 11.3 Å². The van der Waals surface area contributed by atoms with Crippen LogP contribution in [-0.4, -0.2) is 10.1 Å². The number of hydrogen-bond donors (Lipinski definition) is 1. The van der Waals surface area contributed by atoms with Gasteiger partial charge in [0.15, 0.2) is 0 Å². The van der Waals surface area contributed by atoms with E-state index in [1.165, 1.54) is 17.4 Å². The minimum absolute atomic E-state index is 0.335. The second kappa shape index (κ2) is 5.30. The van der Waals surface area contributed by atoms with Gasteiger partial charge in [-0.2, -0.15) is 13.2 Å². The molecule has 2 aromatic rings. The van der Waals surface area contributed by atoms with E-state index in [9.17, 15) is 18.3 Å². The van der Waals surface area contributed by atoms with E-state index >= 15 is 0 Å². The maximum atomic E-state index is 12.6. The predicted molar refractivity (Wildman–Crippen MR) is 67.0 cm³/mol. The maximum Gasteiger partial charge on any atom is 0.416 e. The van der Waals surface area contributed by atoms with Crippen molar-refractivity contribution < 1.29 is 18.3 Å². The van der Waals surface area contributed by atoms with Gasteiger partial charge >= 0.3 is 6.18 Å². The van der Waals surface area contributed by atoms with E-state index in [1.54, 1.807) is 18.4 Å². The number of hydrogen-bond acceptors (Lipinski definition) is 3. The molecule has 2 rings (SSSR count). The molecule has 0 fully saturated rings. The van der Waals surface area contributed by atoms with E-state index in [0.29, 0.717) is 22.7 Å². The minimum Gasteiger partial charge on any atom is -0.387 e. The van der Waals surface area contributed by atoms with E-state index in [-0.39, 0.29) is 0 Å². The second-order valence-electron chi connectivity index (χ2n) is 4.22. The van der Waals surface area contributed by atoms with Gasteiger partial charge in [-0.05, 0) is 18.6 Å². The van der Waals surface area contributed by atoms with Gasteiger partial charge in [0.2, 0.25) is 0 Å². The lowest BCUT2D eigenvalue weighted by Gasteiger charge is -2.07. The Hall–Kier alpha value is -1.40. The Morgan fingerprint density at radius 3 is 2.68 bits per heavy atom. The van der Waals surface area contributed by atoms with Crippen LogP contribution in [0, 0.1) is 0 Å². The molecule has 0 radical (unpaired) electrons. The SMILES string of the molecule is CC(O)c1csc(Cc2cccc(C(F)(F)F)c2)n1. The van der Waals surface area contributed by atoms with Crippen LogP contribution in [0.3, 0.4) is 0 Å². The molecule has 1 aromatic carbocycles. The Morgan fingerprint density at radius 2 is 2.11 bits per heavy atom. The molecule has 102 valence electrons. The van der Waals surface area contributed by atoms with E-state index in [4.69, 9.17) is 0 Å². The monoisotopic (exact) mass is 287 g/mol. The van der Waals surface area contributed by atoms with Gasteiger partial charge in [0.05, 0.1) is 22.4 Å². The van der Waals surface area contributed by atoms with Crippen molar-refractivity contribution in [1.82, 2.24) is 4.98 Å².